The number of benzene rings is 3. The van der Waals surface area contributed by atoms with Crippen LogP contribution in [0.2, 0.25) is 0 Å². The van der Waals surface area contributed by atoms with Gasteiger partial charge in [-0.15, -0.1) is 0 Å². The van der Waals surface area contributed by atoms with Gasteiger partial charge in [0.2, 0.25) is 0 Å². The average Bonchev–Trinajstić information content (AvgIpc) is 2.75. The fraction of sp³-hybridized carbons (Fsp3) is 0.250. The second-order valence-electron chi connectivity index (χ2n) is 7.03. The van der Waals surface area contributed by atoms with Crippen LogP contribution in [0.5, 0.6) is 0 Å². The molecule has 0 bridgehead atoms. The van der Waals surface area contributed by atoms with Crippen molar-refractivity contribution in [2.75, 3.05) is 32.7 Å². The van der Waals surface area contributed by atoms with Gasteiger partial charge in [-0.3, -0.25) is 4.90 Å². The highest BCUT2D eigenvalue weighted by atomic mass is 15.2. The first kappa shape index (κ1) is 17.0. The molecule has 1 N–H and O–H groups in total. The van der Waals surface area contributed by atoms with Gasteiger partial charge in [0.05, 0.1) is 5.41 Å². The standard InChI is InChI=1S/C24H26N2/c1-4-10-21(11-5-1)24(22-12-6-2-7-13-22,23-14-8-3-9-15-23)20-26-18-16-25-17-19-26/h1-15,25H,16-20H2. The summed E-state index contributed by atoms with van der Waals surface area (Å²) in [6.45, 7) is 5.30. The van der Waals surface area contributed by atoms with E-state index < -0.39 is 0 Å². The molecule has 26 heavy (non-hydrogen) atoms. The summed E-state index contributed by atoms with van der Waals surface area (Å²) in [6, 6.07) is 33.0. The quantitative estimate of drug-likeness (QED) is 0.707. The van der Waals surface area contributed by atoms with Crippen LogP contribution in [0.4, 0.5) is 0 Å². The molecule has 0 aliphatic carbocycles. The van der Waals surface area contributed by atoms with E-state index in [1.54, 1.807) is 0 Å². The third-order valence-corrected chi connectivity index (χ3v) is 5.47. The maximum Gasteiger partial charge on any atom is 0.0578 e. The molecule has 1 fully saturated rings. The Kier molecular flexibility index (Phi) is 5.14. The van der Waals surface area contributed by atoms with Gasteiger partial charge in [0, 0.05) is 32.7 Å². The Hall–Kier alpha value is -2.42. The maximum absolute atomic E-state index is 3.48. The molecule has 1 heterocycles. The smallest absolute Gasteiger partial charge is 0.0578 e. The van der Waals surface area contributed by atoms with Gasteiger partial charge >= 0.3 is 0 Å². The maximum atomic E-state index is 3.48. The fourth-order valence-electron chi connectivity index (χ4n) is 4.15. The summed E-state index contributed by atoms with van der Waals surface area (Å²) in [5.41, 5.74) is 3.91. The molecule has 3 aromatic carbocycles. The SMILES string of the molecule is c1ccc(C(CN2CCNCC2)(c2ccccc2)c2ccccc2)cc1. The van der Waals surface area contributed by atoms with Crippen molar-refractivity contribution in [2.45, 2.75) is 5.41 Å². The van der Waals surface area contributed by atoms with Crippen LogP contribution in [0.3, 0.4) is 0 Å². The zero-order valence-electron chi connectivity index (χ0n) is 15.1. The zero-order valence-corrected chi connectivity index (χ0v) is 15.1. The van der Waals surface area contributed by atoms with Crippen molar-refractivity contribution in [1.29, 1.82) is 0 Å². The Morgan fingerprint density at radius 3 is 1.38 bits per heavy atom. The summed E-state index contributed by atoms with van der Waals surface area (Å²) < 4.78 is 0. The van der Waals surface area contributed by atoms with Gasteiger partial charge in [-0.2, -0.15) is 0 Å². The first-order valence-corrected chi connectivity index (χ1v) is 9.49. The highest BCUT2D eigenvalue weighted by molar-refractivity contribution is 5.51. The molecule has 1 saturated heterocycles. The van der Waals surface area contributed by atoms with E-state index in [0.717, 1.165) is 32.7 Å². The molecule has 0 atom stereocenters. The van der Waals surface area contributed by atoms with Crippen molar-refractivity contribution in [2.24, 2.45) is 0 Å². The van der Waals surface area contributed by atoms with Gasteiger partial charge in [0.25, 0.3) is 0 Å². The van der Waals surface area contributed by atoms with Crippen LogP contribution in [0.15, 0.2) is 91.0 Å². The van der Waals surface area contributed by atoms with Crippen LogP contribution in [0.1, 0.15) is 16.7 Å². The topological polar surface area (TPSA) is 15.3 Å². The number of rotatable bonds is 5. The summed E-state index contributed by atoms with van der Waals surface area (Å²) in [4.78, 5) is 2.60. The monoisotopic (exact) mass is 342 g/mol. The van der Waals surface area contributed by atoms with Gasteiger partial charge in [-0.05, 0) is 16.7 Å². The molecule has 3 aromatic rings. The van der Waals surface area contributed by atoms with E-state index >= 15 is 0 Å². The molecule has 0 unspecified atom stereocenters. The first-order chi connectivity index (χ1) is 12.9. The van der Waals surface area contributed by atoms with E-state index in [9.17, 15) is 0 Å². The van der Waals surface area contributed by atoms with Gasteiger partial charge < -0.3 is 5.32 Å². The fourth-order valence-corrected chi connectivity index (χ4v) is 4.15. The van der Waals surface area contributed by atoms with Crippen molar-refractivity contribution in [3.63, 3.8) is 0 Å². The van der Waals surface area contributed by atoms with Crippen molar-refractivity contribution < 1.29 is 0 Å². The van der Waals surface area contributed by atoms with E-state index in [-0.39, 0.29) is 5.41 Å². The summed E-state index contributed by atoms with van der Waals surface area (Å²) in [5.74, 6) is 0. The predicted molar refractivity (Wildman–Crippen MR) is 109 cm³/mol. The van der Waals surface area contributed by atoms with E-state index in [4.69, 9.17) is 0 Å². The third kappa shape index (κ3) is 3.31. The summed E-state index contributed by atoms with van der Waals surface area (Å²) in [6.07, 6.45) is 0. The van der Waals surface area contributed by atoms with Gasteiger partial charge in [0.15, 0.2) is 0 Å². The predicted octanol–water partition coefficient (Wildman–Crippen LogP) is 3.93. The number of hydrogen-bond acceptors (Lipinski definition) is 2. The lowest BCUT2D eigenvalue weighted by Gasteiger charge is -2.41. The highest BCUT2D eigenvalue weighted by Gasteiger charge is 2.38. The van der Waals surface area contributed by atoms with Gasteiger partial charge in [-0.1, -0.05) is 91.0 Å². The molecular formula is C24H26N2. The average molecular weight is 342 g/mol. The van der Waals surface area contributed by atoms with Crippen LogP contribution in [-0.2, 0) is 5.41 Å². The number of piperazine rings is 1. The minimum absolute atomic E-state index is 0.166. The summed E-state index contributed by atoms with van der Waals surface area (Å²) in [5, 5.41) is 3.48. The molecule has 4 rings (SSSR count). The number of nitrogens with zero attached hydrogens (tertiary/aromatic N) is 1. The van der Waals surface area contributed by atoms with Crippen LogP contribution in [0.25, 0.3) is 0 Å². The van der Waals surface area contributed by atoms with Gasteiger partial charge in [-0.25, -0.2) is 0 Å². The van der Waals surface area contributed by atoms with Crippen molar-refractivity contribution in [3.8, 4) is 0 Å². The highest BCUT2D eigenvalue weighted by Crippen LogP contribution is 2.40. The molecule has 1 aliphatic rings. The normalized spacial score (nSPS) is 15.7. The van der Waals surface area contributed by atoms with Crippen LogP contribution < -0.4 is 5.32 Å². The molecule has 0 saturated carbocycles. The van der Waals surface area contributed by atoms with Crippen molar-refractivity contribution in [1.82, 2.24) is 10.2 Å². The Bertz CT molecular complexity index is 697. The molecule has 0 amide bonds. The third-order valence-electron chi connectivity index (χ3n) is 5.47. The van der Waals surface area contributed by atoms with Crippen LogP contribution >= 0.6 is 0 Å². The largest absolute Gasteiger partial charge is 0.314 e. The Morgan fingerprint density at radius 1 is 0.615 bits per heavy atom. The molecule has 2 heteroatoms. The van der Waals surface area contributed by atoms with Gasteiger partial charge in [0.1, 0.15) is 0 Å². The molecule has 0 spiro atoms. The molecule has 0 radical (unpaired) electrons. The minimum Gasteiger partial charge on any atom is -0.314 e. The van der Waals surface area contributed by atoms with E-state index in [2.05, 4.69) is 101 Å². The lowest BCUT2D eigenvalue weighted by Crippen LogP contribution is -2.50. The molecule has 0 aromatic heterocycles. The molecule has 1 aliphatic heterocycles. The zero-order chi connectivity index (χ0) is 17.7. The van der Waals surface area contributed by atoms with E-state index in [1.165, 1.54) is 16.7 Å². The van der Waals surface area contributed by atoms with Crippen molar-refractivity contribution in [3.05, 3.63) is 108 Å². The number of nitrogens with one attached hydrogen (secondary N) is 1. The Balaban J connectivity index is 1.90. The second-order valence-corrected chi connectivity index (χ2v) is 7.03. The molecular weight excluding hydrogens is 316 g/mol. The second kappa shape index (κ2) is 7.86. The Morgan fingerprint density at radius 2 is 1.00 bits per heavy atom. The van der Waals surface area contributed by atoms with E-state index in [1.807, 2.05) is 0 Å². The van der Waals surface area contributed by atoms with Crippen LogP contribution in [0, 0.1) is 0 Å². The lowest BCUT2D eigenvalue weighted by molar-refractivity contribution is 0.214. The minimum atomic E-state index is -0.166. The van der Waals surface area contributed by atoms with E-state index in [0.29, 0.717) is 0 Å². The lowest BCUT2D eigenvalue weighted by atomic mass is 9.69. The number of hydrogen-bond donors (Lipinski definition) is 1. The Labute approximate surface area is 156 Å². The molecule has 132 valence electrons. The van der Waals surface area contributed by atoms with Crippen LogP contribution in [-0.4, -0.2) is 37.6 Å². The summed E-state index contributed by atoms with van der Waals surface area (Å²) >= 11 is 0. The van der Waals surface area contributed by atoms with Crippen molar-refractivity contribution >= 4 is 0 Å². The summed E-state index contributed by atoms with van der Waals surface area (Å²) in [7, 11) is 0. The molecule has 2 nitrogen and oxygen atoms in total. The first-order valence-electron chi connectivity index (χ1n) is 9.49.